The van der Waals surface area contributed by atoms with Crippen LogP contribution in [0.25, 0.3) is 22.0 Å². The molecule has 3 aromatic rings. The lowest BCUT2D eigenvalue weighted by atomic mass is 9.90. The number of halogens is 1. The van der Waals surface area contributed by atoms with Crippen LogP contribution in [-0.2, 0) is 4.79 Å². The first-order valence-electron chi connectivity index (χ1n) is 10.1. The van der Waals surface area contributed by atoms with Crippen LogP contribution < -0.4 is 5.32 Å². The molecule has 4 rings (SSSR count). The number of amides is 1. The third kappa shape index (κ3) is 4.10. The number of hydrogen-bond donors (Lipinski definition) is 1. The van der Waals surface area contributed by atoms with Crippen LogP contribution in [0.4, 0.5) is 5.95 Å². The van der Waals surface area contributed by atoms with Gasteiger partial charge in [0.2, 0.25) is 11.9 Å². The fraction of sp³-hybridized carbons (Fsp3) is 0.292. The van der Waals surface area contributed by atoms with Crippen LogP contribution in [0.15, 0.2) is 49.2 Å². The molecule has 30 heavy (non-hydrogen) atoms. The Morgan fingerprint density at radius 2 is 2.20 bits per heavy atom. The van der Waals surface area contributed by atoms with Gasteiger partial charge in [0, 0.05) is 35.5 Å². The quantitative estimate of drug-likeness (QED) is 0.597. The highest BCUT2D eigenvalue weighted by Gasteiger charge is 2.27. The lowest BCUT2D eigenvalue weighted by Crippen LogP contribution is -2.42. The van der Waals surface area contributed by atoms with Crippen molar-refractivity contribution < 1.29 is 4.79 Å². The maximum absolute atomic E-state index is 12.0. The molecule has 1 aliphatic rings. The van der Waals surface area contributed by atoms with Gasteiger partial charge < -0.3 is 10.2 Å². The highest BCUT2D eigenvalue weighted by atomic mass is 35.5. The predicted octanol–water partition coefficient (Wildman–Crippen LogP) is 4.92. The summed E-state index contributed by atoms with van der Waals surface area (Å²) in [4.78, 5) is 22.9. The average Bonchev–Trinajstić information content (AvgIpc) is 2.79. The number of rotatable bonds is 5. The van der Waals surface area contributed by atoms with Crippen LogP contribution in [0.3, 0.4) is 0 Å². The summed E-state index contributed by atoms with van der Waals surface area (Å²) in [5.74, 6) is 0.490. The van der Waals surface area contributed by atoms with Gasteiger partial charge >= 0.3 is 0 Å². The monoisotopic (exact) mass is 418 g/mol. The molecule has 0 bridgehead atoms. The van der Waals surface area contributed by atoms with Crippen molar-refractivity contribution in [3.05, 3.63) is 66.3 Å². The molecule has 1 saturated carbocycles. The molecule has 0 radical (unpaired) electrons. The second-order valence-corrected chi connectivity index (χ2v) is 7.99. The SMILES string of the molecule is C=CC(=O)N(C)[C@H]1CCC[C@@H](Nc2ncc(Cl)c(-c3cc#cc4ccccc34)n2)C1. The van der Waals surface area contributed by atoms with Gasteiger partial charge in [0.1, 0.15) is 0 Å². The molecular formula is C24H23ClN4O. The summed E-state index contributed by atoms with van der Waals surface area (Å²) >= 11 is 6.46. The number of carbonyl (C=O) groups excluding carboxylic acids is 1. The van der Waals surface area contributed by atoms with Gasteiger partial charge in [0.25, 0.3) is 0 Å². The Kier molecular flexibility index (Phi) is 5.87. The minimum absolute atomic E-state index is 0.0466. The fourth-order valence-electron chi connectivity index (χ4n) is 4.07. The van der Waals surface area contributed by atoms with Gasteiger partial charge in [-0.25, -0.2) is 9.97 Å². The van der Waals surface area contributed by atoms with Crippen molar-refractivity contribution in [1.29, 1.82) is 0 Å². The van der Waals surface area contributed by atoms with Crippen molar-refractivity contribution in [3.8, 4) is 11.3 Å². The molecule has 5 nitrogen and oxygen atoms in total. The Labute approximate surface area is 181 Å². The second kappa shape index (κ2) is 8.73. The maximum Gasteiger partial charge on any atom is 0.245 e. The minimum atomic E-state index is -0.0466. The molecular weight excluding hydrogens is 396 g/mol. The van der Waals surface area contributed by atoms with Crippen molar-refractivity contribution in [3.63, 3.8) is 0 Å². The van der Waals surface area contributed by atoms with E-state index in [1.807, 2.05) is 37.4 Å². The molecule has 1 heterocycles. The van der Waals surface area contributed by atoms with Gasteiger partial charge in [-0.3, -0.25) is 4.79 Å². The summed E-state index contributed by atoms with van der Waals surface area (Å²) in [6.45, 7) is 3.59. The zero-order valence-electron chi connectivity index (χ0n) is 16.9. The fourth-order valence-corrected chi connectivity index (χ4v) is 4.26. The third-order valence-corrected chi connectivity index (χ3v) is 5.97. The number of nitrogens with zero attached hydrogens (tertiary/aromatic N) is 3. The van der Waals surface area contributed by atoms with Gasteiger partial charge in [0.05, 0.1) is 16.9 Å². The largest absolute Gasteiger partial charge is 0.351 e. The summed E-state index contributed by atoms with van der Waals surface area (Å²) in [6, 6.07) is 16.4. The normalized spacial score (nSPS) is 18.5. The van der Waals surface area contributed by atoms with Crippen LogP contribution in [0.1, 0.15) is 25.7 Å². The first-order valence-corrected chi connectivity index (χ1v) is 10.4. The summed E-state index contributed by atoms with van der Waals surface area (Å²) in [6.07, 6.45) is 6.87. The van der Waals surface area contributed by atoms with Crippen molar-refractivity contribution in [2.24, 2.45) is 0 Å². The van der Waals surface area contributed by atoms with Crippen LogP contribution in [-0.4, -0.2) is 39.9 Å². The molecule has 0 aliphatic heterocycles. The zero-order chi connectivity index (χ0) is 21.1. The predicted molar refractivity (Wildman–Crippen MR) is 120 cm³/mol. The molecule has 0 unspecified atom stereocenters. The van der Waals surface area contributed by atoms with E-state index < -0.39 is 0 Å². The Hall–Kier alpha value is -3.10. The van der Waals surface area contributed by atoms with E-state index in [9.17, 15) is 4.79 Å². The Morgan fingerprint density at radius 1 is 1.37 bits per heavy atom. The van der Waals surface area contributed by atoms with E-state index in [0.29, 0.717) is 16.7 Å². The summed E-state index contributed by atoms with van der Waals surface area (Å²) in [5, 5.41) is 5.92. The van der Waals surface area contributed by atoms with E-state index in [4.69, 9.17) is 16.6 Å². The van der Waals surface area contributed by atoms with Crippen molar-refractivity contribution in [2.45, 2.75) is 37.8 Å². The van der Waals surface area contributed by atoms with E-state index in [2.05, 4.69) is 29.0 Å². The first kappa shape index (κ1) is 20.2. The Bertz CT molecular complexity index is 1080. The number of likely N-dealkylation sites (N-methyl/N-ethyl adjacent to an activating group) is 1. The molecule has 0 spiro atoms. The topological polar surface area (TPSA) is 58.1 Å². The highest BCUT2D eigenvalue weighted by molar-refractivity contribution is 6.33. The maximum atomic E-state index is 12.0. The number of carbonyl (C=O) groups is 1. The molecule has 1 aliphatic carbocycles. The average molecular weight is 419 g/mol. The lowest BCUT2D eigenvalue weighted by Gasteiger charge is -2.35. The number of aromatic nitrogens is 2. The standard InChI is InChI=1S/C24H23ClN4O/c1-3-22(30)29(2)18-11-7-10-17(14-18)27-24-26-15-21(25)23(28-24)20-13-6-9-16-8-4-5-12-19(16)20/h3-5,8,12-13,15,17-18H,1,7,10-11,14H2,2H3,(H,26,27,28)/t17-,18+/m1/s1. The molecule has 2 atom stereocenters. The summed E-state index contributed by atoms with van der Waals surface area (Å²) in [5.41, 5.74) is 1.57. The van der Waals surface area contributed by atoms with E-state index in [0.717, 1.165) is 42.0 Å². The Balaban J connectivity index is 1.58. The van der Waals surface area contributed by atoms with Crippen LogP contribution in [0.2, 0.25) is 5.02 Å². The van der Waals surface area contributed by atoms with Gasteiger partial charge in [-0.05, 0) is 43.9 Å². The number of benzene rings is 1. The van der Waals surface area contributed by atoms with Gasteiger partial charge in [-0.2, -0.15) is 0 Å². The van der Waals surface area contributed by atoms with Crippen molar-refractivity contribution >= 4 is 34.2 Å². The number of anilines is 1. The van der Waals surface area contributed by atoms with Crippen LogP contribution in [0.5, 0.6) is 0 Å². The highest BCUT2D eigenvalue weighted by Crippen LogP contribution is 2.32. The molecule has 152 valence electrons. The van der Waals surface area contributed by atoms with E-state index in [1.165, 1.54) is 6.08 Å². The van der Waals surface area contributed by atoms with Gasteiger partial charge in [-0.15, -0.1) is 0 Å². The van der Waals surface area contributed by atoms with Gasteiger partial charge in [0.15, 0.2) is 0 Å². The number of hydrogen-bond acceptors (Lipinski definition) is 4. The molecule has 2 aromatic carbocycles. The molecule has 1 N–H and O–H groups in total. The van der Waals surface area contributed by atoms with Crippen LogP contribution in [0, 0.1) is 12.1 Å². The number of nitrogens with one attached hydrogen (secondary N) is 1. The molecule has 1 fully saturated rings. The first-order chi connectivity index (χ1) is 14.6. The molecule has 6 heteroatoms. The smallest absolute Gasteiger partial charge is 0.245 e. The van der Waals surface area contributed by atoms with E-state index in [1.54, 1.807) is 11.1 Å². The molecule has 1 amide bonds. The zero-order valence-corrected chi connectivity index (χ0v) is 17.6. The lowest BCUT2D eigenvalue weighted by molar-refractivity contribution is -0.127. The third-order valence-electron chi connectivity index (χ3n) is 5.69. The van der Waals surface area contributed by atoms with Crippen molar-refractivity contribution in [2.75, 3.05) is 12.4 Å². The van der Waals surface area contributed by atoms with Gasteiger partial charge in [-0.1, -0.05) is 48.5 Å². The van der Waals surface area contributed by atoms with E-state index in [-0.39, 0.29) is 18.0 Å². The van der Waals surface area contributed by atoms with E-state index >= 15 is 0 Å². The molecule has 0 saturated heterocycles. The minimum Gasteiger partial charge on any atom is -0.351 e. The van der Waals surface area contributed by atoms with Crippen LogP contribution >= 0.6 is 11.6 Å². The summed E-state index contributed by atoms with van der Waals surface area (Å²) in [7, 11) is 1.84. The second-order valence-electron chi connectivity index (χ2n) is 7.58. The molecule has 1 aromatic heterocycles. The number of fused-ring (bicyclic) bond motifs is 1. The summed E-state index contributed by atoms with van der Waals surface area (Å²) < 4.78 is 0. The van der Waals surface area contributed by atoms with Crippen molar-refractivity contribution in [1.82, 2.24) is 14.9 Å². The Morgan fingerprint density at radius 3 is 3.03 bits per heavy atom.